The van der Waals surface area contributed by atoms with Crippen LogP contribution in [0.2, 0.25) is 0 Å². The van der Waals surface area contributed by atoms with E-state index in [1.807, 2.05) is 20.8 Å². The predicted molar refractivity (Wildman–Crippen MR) is 73.3 cm³/mol. The number of ether oxygens (including phenoxy) is 1. The van der Waals surface area contributed by atoms with Crippen LogP contribution in [0.15, 0.2) is 16.7 Å². The van der Waals surface area contributed by atoms with Crippen molar-refractivity contribution >= 4 is 5.69 Å². The minimum Gasteiger partial charge on any atom is -0.398 e. The van der Waals surface area contributed by atoms with Gasteiger partial charge in [-0.25, -0.2) is 8.78 Å². The van der Waals surface area contributed by atoms with Crippen LogP contribution in [-0.2, 0) is 4.74 Å². The summed E-state index contributed by atoms with van der Waals surface area (Å²) in [5, 5.41) is 3.84. The molecule has 0 aliphatic heterocycles. The lowest BCUT2D eigenvalue weighted by Crippen LogP contribution is -2.12. The molecule has 5 nitrogen and oxygen atoms in total. The van der Waals surface area contributed by atoms with Crippen LogP contribution in [0.4, 0.5) is 14.5 Å². The SMILES string of the molecule is CCOC(c1noc(-c2cc(F)c(F)cc2N)n1)C(C)C. The minimum absolute atomic E-state index is 0.0293. The van der Waals surface area contributed by atoms with Gasteiger partial charge in [-0.3, -0.25) is 0 Å². The molecule has 0 aliphatic carbocycles. The number of benzene rings is 1. The Morgan fingerprint density at radius 2 is 1.95 bits per heavy atom. The van der Waals surface area contributed by atoms with E-state index in [-0.39, 0.29) is 29.2 Å². The third-order valence-electron chi connectivity index (χ3n) is 2.97. The molecule has 1 atom stereocenters. The molecule has 0 fully saturated rings. The predicted octanol–water partition coefficient (Wildman–Crippen LogP) is 3.33. The van der Waals surface area contributed by atoms with Gasteiger partial charge in [0.05, 0.1) is 5.56 Å². The summed E-state index contributed by atoms with van der Waals surface area (Å²) in [7, 11) is 0. The summed E-state index contributed by atoms with van der Waals surface area (Å²) in [5.41, 5.74) is 5.85. The molecule has 7 heteroatoms. The molecule has 21 heavy (non-hydrogen) atoms. The molecule has 0 bridgehead atoms. The van der Waals surface area contributed by atoms with Gasteiger partial charge in [0.2, 0.25) is 5.82 Å². The van der Waals surface area contributed by atoms with Crippen molar-refractivity contribution in [1.82, 2.24) is 10.1 Å². The molecule has 2 N–H and O–H groups in total. The molecule has 1 aromatic heterocycles. The fourth-order valence-electron chi connectivity index (χ4n) is 1.95. The highest BCUT2D eigenvalue weighted by Gasteiger charge is 2.23. The summed E-state index contributed by atoms with van der Waals surface area (Å²) < 4.78 is 37.0. The summed E-state index contributed by atoms with van der Waals surface area (Å²) in [6.45, 7) is 6.29. The fraction of sp³-hybridized carbons (Fsp3) is 0.429. The number of aromatic nitrogens is 2. The second-order valence-corrected chi connectivity index (χ2v) is 4.93. The van der Waals surface area contributed by atoms with Crippen molar-refractivity contribution in [1.29, 1.82) is 0 Å². The first-order valence-electron chi connectivity index (χ1n) is 6.64. The lowest BCUT2D eigenvalue weighted by atomic mass is 10.1. The molecule has 114 valence electrons. The van der Waals surface area contributed by atoms with Gasteiger partial charge in [0.1, 0.15) is 6.10 Å². The van der Waals surface area contributed by atoms with Crippen LogP contribution in [0.1, 0.15) is 32.7 Å². The van der Waals surface area contributed by atoms with E-state index >= 15 is 0 Å². The monoisotopic (exact) mass is 297 g/mol. The Hall–Kier alpha value is -2.02. The molecule has 2 aromatic rings. The Morgan fingerprint density at radius 1 is 1.29 bits per heavy atom. The number of nitrogens with two attached hydrogens (primary N) is 1. The van der Waals surface area contributed by atoms with Crippen LogP contribution in [0, 0.1) is 17.6 Å². The third kappa shape index (κ3) is 3.18. The largest absolute Gasteiger partial charge is 0.398 e. The zero-order chi connectivity index (χ0) is 15.6. The number of hydrogen-bond acceptors (Lipinski definition) is 5. The Bertz CT molecular complexity index is 629. The van der Waals surface area contributed by atoms with Crippen molar-refractivity contribution in [3.8, 4) is 11.5 Å². The first-order valence-corrected chi connectivity index (χ1v) is 6.64. The highest BCUT2D eigenvalue weighted by atomic mass is 19.2. The van der Waals surface area contributed by atoms with Crippen LogP contribution in [0.25, 0.3) is 11.5 Å². The summed E-state index contributed by atoms with van der Waals surface area (Å²) in [6, 6.07) is 1.82. The first kappa shape index (κ1) is 15.4. The van der Waals surface area contributed by atoms with Gasteiger partial charge in [-0.1, -0.05) is 19.0 Å². The molecule has 1 heterocycles. The van der Waals surface area contributed by atoms with Crippen molar-refractivity contribution in [2.45, 2.75) is 26.9 Å². The molecule has 2 rings (SSSR count). The molecule has 0 saturated carbocycles. The average Bonchev–Trinajstić information content (AvgIpc) is 2.89. The van der Waals surface area contributed by atoms with Crippen LogP contribution < -0.4 is 5.73 Å². The van der Waals surface area contributed by atoms with E-state index in [1.165, 1.54) is 0 Å². The van der Waals surface area contributed by atoms with Gasteiger partial charge in [0, 0.05) is 18.4 Å². The van der Waals surface area contributed by atoms with E-state index in [1.54, 1.807) is 0 Å². The minimum atomic E-state index is -1.02. The van der Waals surface area contributed by atoms with Crippen LogP contribution >= 0.6 is 0 Å². The topological polar surface area (TPSA) is 74.2 Å². The summed E-state index contributed by atoms with van der Waals surface area (Å²) in [6.07, 6.45) is -0.334. The Morgan fingerprint density at radius 3 is 2.57 bits per heavy atom. The quantitative estimate of drug-likeness (QED) is 0.857. The number of nitrogen functional groups attached to an aromatic ring is 1. The standard InChI is InChI=1S/C14H17F2N3O2/c1-4-20-12(7(2)3)13-18-14(21-19-13)8-5-9(15)10(16)6-11(8)17/h5-7,12H,4,17H2,1-3H3. The third-order valence-corrected chi connectivity index (χ3v) is 2.97. The molecular formula is C14H17F2N3O2. The maximum absolute atomic E-state index is 13.3. The fourth-order valence-corrected chi connectivity index (χ4v) is 1.95. The van der Waals surface area contributed by atoms with Gasteiger partial charge in [0.15, 0.2) is 11.6 Å². The van der Waals surface area contributed by atoms with E-state index < -0.39 is 11.6 Å². The van der Waals surface area contributed by atoms with Gasteiger partial charge in [-0.05, 0) is 18.9 Å². The van der Waals surface area contributed by atoms with Gasteiger partial charge in [-0.15, -0.1) is 0 Å². The summed E-state index contributed by atoms with van der Waals surface area (Å²) >= 11 is 0. The van der Waals surface area contributed by atoms with Gasteiger partial charge < -0.3 is 15.0 Å². The van der Waals surface area contributed by atoms with E-state index in [2.05, 4.69) is 10.1 Å². The molecule has 0 saturated heterocycles. The van der Waals surface area contributed by atoms with Crippen LogP contribution in [-0.4, -0.2) is 16.7 Å². The van der Waals surface area contributed by atoms with Crippen molar-refractivity contribution in [3.63, 3.8) is 0 Å². The number of hydrogen-bond donors (Lipinski definition) is 1. The Kier molecular flexibility index (Phi) is 4.52. The highest BCUT2D eigenvalue weighted by molar-refractivity contribution is 5.70. The van der Waals surface area contributed by atoms with Gasteiger partial charge >= 0.3 is 0 Å². The maximum atomic E-state index is 13.3. The van der Waals surface area contributed by atoms with Crippen LogP contribution in [0.5, 0.6) is 0 Å². The molecule has 1 aromatic carbocycles. The molecular weight excluding hydrogens is 280 g/mol. The number of halogens is 2. The lowest BCUT2D eigenvalue weighted by molar-refractivity contribution is 0.0217. The zero-order valence-electron chi connectivity index (χ0n) is 12.1. The van der Waals surface area contributed by atoms with E-state index in [0.29, 0.717) is 12.4 Å². The number of rotatable bonds is 5. The van der Waals surface area contributed by atoms with Crippen molar-refractivity contribution in [3.05, 3.63) is 29.6 Å². The molecule has 1 unspecified atom stereocenters. The van der Waals surface area contributed by atoms with E-state index in [4.69, 9.17) is 15.0 Å². The molecule has 0 aliphatic rings. The van der Waals surface area contributed by atoms with E-state index in [9.17, 15) is 8.78 Å². The Balaban J connectivity index is 2.37. The first-order chi connectivity index (χ1) is 9.93. The van der Waals surface area contributed by atoms with Gasteiger partial charge in [-0.2, -0.15) is 4.98 Å². The summed E-state index contributed by atoms with van der Waals surface area (Å²) in [5.74, 6) is -1.52. The van der Waals surface area contributed by atoms with Gasteiger partial charge in [0.25, 0.3) is 5.89 Å². The zero-order valence-corrected chi connectivity index (χ0v) is 12.1. The van der Waals surface area contributed by atoms with Crippen LogP contribution in [0.3, 0.4) is 0 Å². The Labute approximate surface area is 121 Å². The second kappa shape index (κ2) is 6.17. The highest BCUT2D eigenvalue weighted by Crippen LogP contribution is 2.30. The van der Waals surface area contributed by atoms with Crippen molar-refractivity contribution in [2.75, 3.05) is 12.3 Å². The molecule has 0 radical (unpaired) electrons. The molecule has 0 amide bonds. The number of anilines is 1. The smallest absolute Gasteiger partial charge is 0.260 e. The van der Waals surface area contributed by atoms with Crippen molar-refractivity contribution in [2.24, 2.45) is 5.92 Å². The summed E-state index contributed by atoms with van der Waals surface area (Å²) in [4.78, 5) is 4.18. The number of nitrogens with zero attached hydrogens (tertiary/aromatic N) is 2. The van der Waals surface area contributed by atoms with E-state index in [0.717, 1.165) is 12.1 Å². The second-order valence-electron chi connectivity index (χ2n) is 4.93. The maximum Gasteiger partial charge on any atom is 0.260 e. The normalized spacial score (nSPS) is 12.9. The average molecular weight is 297 g/mol. The lowest BCUT2D eigenvalue weighted by Gasteiger charge is -2.16. The van der Waals surface area contributed by atoms with Crippen molar-refractivity contribution < 1.29 is 18.0 Å². The molecule has 0 spiro atoms.